The van der Waals surface area contributed by atoms with Crippen LogP contribution in [0.1, 0.15) is 0 Å². The van der Waals surface area contributed by atoms with Crippen LogP contribution in [0.2, 0.25) is 0 Å². The molecule has 1 aromatic rings. The van der Waals surface area contributed by atoms with Crippen molar-refractivity contribution < 1.29 is 8.83 Å². The average Bonchev–Trinajstić information content (AvgIpc) is 2.13. The molecule has 0 fully saturated rings. The highest BCUT2D eigenvalue weighted by molar-refractivity contribution is 4.78. The van der Waals surface area contributed by atoms with Gasteiger partial charge in [-0.2, -0.15) is 0 Å². The predicted octanol–water partition coefficient (Wildman–Crippen LogP) is -1.63. The zero-order valence-electron chi connectivity index (χ0n) is 5.31. The average molecular weight is 156 g/mol. The van der Waals surface area contributed by atoms with Crippen LogP contribution in [-0.2, 0) is 0 Å². The maximum absolute atomic E-state index is 10.5. The van der Waals surface area contributed by atoms with E-state index < -0.39 is 17.0 Å². The summed E-state index contributed by atoms with van der Waals surface area (Å²) in [6.45, 7) is 0. The minimum absolute atomic E-state index is 0.551. The maximum atomic E-state index is 10.5. The normalized spacial score (nSPS) is 9.09. The summed E-state index contributed by atoms with van der Waals surface area (Å²) in [5.41, 5.74) is -1.50. The summed E-state index contributed by atoms with van der Waals surface area (Å²) in [5.74, 6) is 4.15. The van der Waals surface area contributed by atoms with Gasteiger partial charge in [0, 0.05) is 12.1 Å². The lowest BCUT2D eigenvalue weighted by atomic mass is 10.6. The van der Waals surface area contributed by atoms with Gasteiger partial charge in [0.05, 0.1) is 0 Å². The molecule has 11 heavy (non-hydrogen) atoms. The Balaban J connectivity index is 3.72. The zero-order valence-corrected chi connectivity index (χ0v) is 5.31. The summed E-state index contributed by atoms with van der Waals surface area (Å²) < 4.78 is 8.57. The van der Waals surface area contributed by atoms with E-state index in [0.29, 0.717) is 0 Å². The Bertz CT molecular complexity index is 380. The minimum atomic E-state index is -0.750. The van der Waals surface area contributed by atoms with E-state index in [1.165, 1.54) is 0 Å². The third-order valence-electron chi connectivity index (χ3n) is 0.837. The standard InChI is InChI=1S/C5H4N2O4/c6-7-5-10-3(8)1-2-4(9)11-5/h1-2H,6H2. The fourth-order valence-corrected chi connectivity index (χ4v) is 0.450. The molecule has 2 N–H and O–H groups in total. The van der Waals surface area contributed by atoms with Gasteiger partial charge in [-0.3, -0.25) is 0 Å². The largest absolute Gasteiger partial charge is 0.421 e. The monoisotopic (exact) mass is 156 g/mol. The van der Waals surface area contributed by atoms with Crippen molar-refractivity contribution in [1.29, 1.82) is 0 Å². The Hall–Kier alpha value is -1.85. The van der Waals surface area contributed by atoms with Crippen molar-refractivity contribution in [1.82, 2.24) is 0 Å². The first-order valence-corrected chi connectivity index (χ1v) is 2.62. The van der Waals surface area contributed by atoms with Gasteiger partial charge in [0.1, 0.15) is 0 Å². The summed E-state index contributed by atoms with van der Waals surface area (Å²) in [4.78, 5) is 21.0. The molecule has 0 aliphatic rings. The number of nitrogens with two attached hydrogens (primary N) is 1. The highest BCUT2D eigenvalue weighted by Crippen LogP contribution is 1.58. The SMILES string of the molecule is NN=c1oc(=O)ccc(=O)o1. The summed E-state index contributed by atoms with van der Waals surface area (Å²) in [7, 11) is 0. The van der Waals surface area contributed by atoms with Gasteiger partial charge in [-0.1, -0.05) is 0 Å². The predicted molar refractivity (Wildman–Crippen MR) is 33.3 cm³/mol. The van der Waals surface area contributed by atoms with Gasteiger partial charge in [-0.15, -0.1) is 5.10 Å². The van der Waals surface area contributed by atoms with Crippen LogP contribution in [-0.4, -0.2) is 0 Å². The Morgan fingerprint density at radius 2 is 1.64 bits per heavy atom. The van der Waals surface area contributed by atoms with Gasteiger partial charge in [-0.05, 0) is 0 Å². The Labute approximate surface area is 59.6 Å². The molecule has 1 rings (SSSR count). The Morgan fingerprint density at radius 1 is 1.18 bits per heavy atom. The molecule has 0 unspecified atom stereocenters. The highest BCUT2D eigenvalue weighted by Gasteiger charge is 1.87. The molecule has 6 heteroatoms. The van der Waals surface area contributed by atoms with E-state index in [9.17, 15) is 9.59 Å². The quantitative estimate of drug-likeness (QED) is 0.359. The van der Waals surface area contributed by atoms with Crippen LogP contribution < -0.4 is 22.8 Å². The van der Waals surface area contributed by atoms with E-state index in [1.807, 2.05) is 0 Å². The van der Waals surface area contributed by atoms with Crippen LogP contribution in [0, 0.1) is 0 Å². The third kappa shape index (κ3) is 1.78. The van der Waals surface area contributed by atoms with Crippen molar-refractivity contribution in [2.45, 2.75) is 0 Å². The first kappa shape index (κ1) is 7.26. The van der Waals surface area contributed by atoms with Crippen molar-refractivity contribution in [3.63, 3.8) is 0 Å². The number of rotatable bonds is 0. The fourth-order valence-electron chi connectivity index (χ4n) is 0.450. The molecule has 0 radical (unpaired) electrons. The molecule has 58 valence electrons. The number of hydrogen-bond acceptors (Lipinski definition) is 6. The van der Waals surface area contributed by atoms with Gasteiger partial charge >= 0.3 is 17.0 Å². The molecule has 0 saturated carbocycles. The summed E-state index contributed by atoms with van der Waals surface area (Å²) in [5, 5.41) is 2.90. The fraction of sp³-hybridized carbons (Fsp3) is 0. The minimum Gasteiger partial charge on any atom is -0.372 e. The first-order valence-electron chi connectivity index (χ1n) is 2.62. The zero-order chi connectivity index (χ0) is 8.27. The van der Waals surface area contributed by atoms with E-state index in [1.54, 1.807) is 0 Å². The van der Waals surface area contributed by atoms with Gasteiger partial charge in [0.25, 0.3) is 0 Å². The Morgan fingerprint density at radius 3 is 2.00 bits per heavy atom. The molecule has 0 aromatic carbocycles. The van der Waals surface area contributed by atoms with E-state index >= 15 is 0 Å². The second kappa shape index (κ2) is 2.82. The van der Waals surface area contributed by atoms with Crippen molar-refractivity contribution in [2.75, 3.05) is 0 Å². The summed E-state index contributed by atoms with van der Waals surface area (Å²) >= 11 is 0. The second-order valence-electron chi connectivity index (χ2n) is 1.57. The Kier molecular flexibility index (Phi) is 1.86. The number of hydrogen-bond donors (Lipinski definition) is 1. The van der Waals surface area contributed by atoms with Crippen molar-refractivity contribution in [3.8, 4) is 0 Å². The van der Waals surface area contributed by atoms with Crippen molar-refractivity contribution in [3.05, 3.63) is 38.7 Å². The van der Waals surface area contributed by atoms with Crippen LogP contribution in [0.3, 0.4) is 0 Å². The van der Waals surface area contributed by atoms with Crippen LogP contribution >= 0.6 is 0 Å². The topological polar surface area (TPSA) is 98.8 Å². The van der Waals surface area contributed by atoms with E-state index in [-0.39, 0.29) is 0 Å². The highest BCUT2D eigenvalue weighted by atomic mass is 16.5. The third-order valence-corrected chi connectivity index (χ3v) is 0.837. The van der Waals surface area contributed by atoms with Crippen molar-refractivity contribution in [2.24, 2.45) is 10.9 Å². The van der Waals surface area contributed by atoms with Gasteiger partial charge in [0.15, 0.2) is 0 Å². The van der Waals surface area contributed by atoms with E-state index in [2.05, 4.69) is 13.9 Å². The second-order valence-corrected chi connectivity index (χ2v) is 1.57. The van der Waals surface area contributed by atoms with Crippen molar-refractivity contribution >= 4 is 0 Å². The lowest BCUT2D eigenvalue weighted by molar-refractivity contribution is 0.289. The summed E-state index contributed by atoms with van der Waals surface area (Å²) in [6, 6.07) is 1.83. The summed E-state index contributed by atoms with van der Waals surface area (Å²) in [6.07, 6.45) is 0. The molecule has 1 heterocycles. The molecule has 0 amide bonds. The molecule has 0 aliphatic heterocycles. The molecular formula is C5H4N2O4. The van der Waals surface area contributed by atoms with Gasteiger partial charge in [-0.25, -0.2) is 9.59 Å². The van der Waals surface area contributed by atoms with E-state index in [4.69, 9.17) is 5.84 Å². The maximum Gasteiger partial charge on any atom is 0.421 e. The van der Waals surface area contributed by atoms with Crippen LogP contribution in [0.15, 0.2) is 35.7 Å². The molecular weight excluding hydrogens is 152 g/mol. The molecule has 1 aromatic heterocycles. The van der Waals surface area contributed by atoms with Crippen LogP contribution in [0.4, 0.5) is 0 Å². The molecule has 0 atom stereocenters. The van der Waals surface area contributed by atoms with Gasteiger partial charge < -0.3 is 14.7 Å². The molecule has 6 nitrogen and oxygen atoms in total. The molecule has 0 aliphatic carbocycles. The molecule has 0 spiro atoms. The lowest BCUT2D eigenvalue weighted by Gasteiger charge is -1.70. The van der Waals surface area contributed by atoms with Gasteiger partial charge in [0.2, 0.25) is 0 Å². The molecule has 0 saturated heterocycles. The molecule has 0 bridgehead atoms. The van der Waals surface area contributed by atoms with E-state index in [0.717, 1.165) is 12.1 Å². The number of nitrogens with zero attached hydrogens (tertiary/aromatic N) is 1. The first-order chi connectivity index (χ1) is 5.22. The van der Waals surface area contributed by atoms with Crippen LogP contribution in [0.5, 0.6) is 0 Å². The lowest BCUT2D eigenvalue weighted by Crippen LogP contribution is -2.10. The van der Waals surface area contributed by atoms with Crippen LogP contribution in [0.25, 0.3) is 0 Å². The smallest absolute Gasteiger partial charge is 0.372 e.